The second-order valence-electron chi connectivity index (χ2n) is 2.28. The summed E-state index contributed by atoms with van der Waals surface area (Å²) in [7, 11) is 1.61. The summed E-state index contributed by atoms with van der Waals surface area (Å²) in [4.78, 5) is 9.85. The normalized spacial score (nSPS) is 9.92. The summed E-state index contributed by atoms with van der Waals surface area (Å²) in [6.07, 6.45) is 2.06. The number of hydrogen-bond acceptors (Lipinski definition) is 3. The van der Waals surface area contributed by atoms with E-state index in [2.05, 4.69) is 10.5 Å². The van der Waals surface area contributed by atoms with Gasteiger partial charge >= 0.3 is 0 Å². The Bertz CT molecular complexity index is 293. The fourth-order valence-corrected chi connectivity index (χ4v) is 0.832. The van der Waals surface area contributed by atoms with E-state index in [4.69, 9.17) is 4.74 Å². The Labute approximate surface area is 76.2 Å². The Balaban J connectivity index is 2.63. The molecule has 0 aliphatic carbocycles. The number of rotatable bonds is 4. The van der Waals surface area contributed by atoms with E-state index in [1.807, 2.05) is 24.3 Å². The number of nitrogens with zero attached hydrogens (tertiary/aromatic N) is 1. The number of carbonyl (C=O) groups is 1. The molecule has 0 saturated carbocycles. The van der Waals surface area contributed by atoms with Gasteiger partial charge in [-0.15, -0.1) is 0 Å². The van der Waals surface area contributed by atoms with Crippen LogP contribution >= 0.6 is 0 Å². The summed E-state index contributed by atoms with van der Waals surface area (Å²) in [5.41, 5.74) is 3.08. The van der Waals surface area contributed by atoms with E-state index in [1.54, 1.807) is 13.3 Å². The molecule has 1 aromatic rings. The van der Waals surface area contributed by atoms with Gasteiger partial charge in [0.05, 0.1) is 13.3 Å². The Morgan fingerprint density at radius 2 is 2.08 bits per heavy atom. The molecule has 1 amide bonds. The van der Waals surface area contributed by atoms with Crippen molar-refractivity contribution < 1.29 is 9.53 Å². The van der Waals surface area contributed by atoms with Crippen molar-refractivity contribution in [1.29, 1.82) is 0 Å². The smallest absolute Gasteiger partial charge is 0.227 e. The van der Waals surface area contributed by atoms with Gasteiger partial charge in [-0.2, -0.15) is 5.10 Å². The lowest BCUT2D eigenvalue weighted by molar-refractivity contribution is -0.109. The van der Waals surface area contributed by atoms with Crippen molar-refractivity contribution >= 4 is 12.6 Å². The highest BCUT2D eigenvalue weighted by Gasteiger charge is 1.89. The van der Waals surface area contributed by atoms with Crippen molar-refractivity contribution in [2.75, 3.05) is 7.11 Å². The lowest BCUT2D eigenvalue weighted by Gasteiger charge is -1.98. The third-order valence-corrected chi connectivity index (χ3v) is 1.46. The second kappa shape index (κ2) is 4.92. The highest BCUT2D eigenvalue weighted by molar-refractivity contribution is 5.80. The summed E-state index contributed by atoms with van der Waals surface area (Å²) in [6.45, 7) is 0. The summed E-state index contributed by atoms with van der Waals surface area (Å²) in [5.74, 6) is 0.792. The molecule has 0 radical (unpaired) electrons. The first-order chi connectivity index (χ1) is 6.36. The monoisotopic (exact) mass is 178 g/mol. The maximum Gasteiger partial charge on any atom is 0.227 e. The molecule has 1 rings (SSSR count). The molecule has 0 spiro atoms. The Hall–Kier alpha value is -1.84. The molecule has 1 aromatic carbocycles. The van der Waals surface area contributed by atoms with Crippen LogP contribution in [-0.2, 0) is 4.79 Å². The van der Waals surface area contributed by atoms with Gasteiger partial charge in [0.1, 0.15) is 5.75 Å². The van der Waals surface area contributed by atoms with Crippen LogP contribution in [0.5, 0.6) is 5.75 Å². The van der Waals surface area contributed by atoms with E-state index in [-0.39, 0.29) is 0 Å². The van der Waals surface area contributed by atoms with Crippen molar-refractivity contribution in [1.82, 2.24) is 5.43 Å². The molecule has 13 heavy (non-hydrogen) atoms. The molecule has 1 N–H and O–H groups in total. The van der Waals surface area contributed by atoms with Crippen molar-refractivity contribution in [3.05, 3.63) is 29.8 Å². The van der Waals surface area contributed by atoms with Gasteiger partial charge in [0.25, 0.3) is 0 Å². The highest BCUT2D eigenvalue weighted by Crippen LogP contribution is 2.09. The Morgan fingerprint density at radius 1 is 1.38 bits per heavy atom. The topological polar surface area (TPSA) is 50.7 Å². The lowest BCUT2D eigenvalue weighted by atomic mass is 10.2. The van der Waals surface area contributed by atoms with E-state index in [1.165, 1.54) is 0 Å². The van der Waals surface area contributed by atoms with E-state index in [9.17, 15) is 4.79 Å². The zero-order chi connectivity index (χ0) is 9.52. The molecular weight excluding hydrogens is 168 g/mol. The molecule has 0 aliphatic heterocycles. The average molecular weight is 178 g/mol. The Kier molecular flexibility index (Phi) is 3.50. The number of ether oxygens (including phenoxy) is 1. The van der Waals surface area contributed by atoms with Gasteiger partial charge in [0, 0.05) is 0 Å². The van der Waals surface area contributed by atoms with E-state index in [0.29, 0.717) is 6.41 Å². The predicted molar refractivity (Wildman–Crippen MR) is 49.8 cm³/mol. The SMILES string of the molecule is COc1ccc(C=NNC=O)cc1. The van der Waals surface area contributed by atoms with Crippen molar-refractivity contribution in [3.63, 3.8) is 0 Å². The quantitative estimate of drug-likeness (QED) is 0.420. The number of carbonyl (C=O) groups excluding carboxylic acids is 1. The maximum absolute atomic E-state index is 9.85. The Morgan fingerprint density at radius 3 is 2.62 bits per heavy atom. The van der Waals surface area contributed by atoms with Gasteiger partial charge in [0.15, 0.2) is 0 Å². The molecular formula is C9H10N2O2. The van der Waals surface area contributed by atoms with E-state index >= 15 is 0 Å². The number of methoxy groups -OCH3 is 1. The minimum atomic E-state index is 0.514. The first kappa shape index (κ1) is 9.25. The number of hydrogen-bond donors (Lipinski definition) is 1. The van der Waals surface area contributed by atoms with Crippen LogP contribution in [0.3, 0.4) is 0 Å². The third kappa shape index (κ3) is 2.94. The molecule has 0 atom stereocenters. The highest BCUT2D eigenvalue weighted by atomic mass is 16.5. The van der Waals surface area contributed by atoms with Gasteiger partial charge in [-0.3, -0.25) is 4.79 Å². The van der Waals surface area contributed by atoms with Crippen LogP contribution in [0, 0.1) is 0 Å². The van der Waals surface area contributed by atoms with E-state index < -0.39 is 0 Å². The van der Waals surface area contributed by atoms with Gasteiger partial charge < -0.3 is 4.74 Å². The molecule has 0 saturated heterocycles. The van der Waals surface area contributed by atoms with Crippen LogP contribution < -0.4 is 10.2 Å². The maximum atomic E-state index is 9.85. The largest absolute Gasteiger partial charge is 0.497 e. The van der Waals surface area contributed by atoms with Crippen molar-refractivity contribution in [2.24, 2.45) is 5.10 Å². The molecule has 0 aromatic heterocycles. The predicted octanol–water partition coefficient (Wildman–Crippen LogP) is 0.775. The molecule has 0 fully saturated rings. The molecule has 4 nitrogen and oxygen atoms in total. The lowest BCUT2D eigenvalue weighted by Crippen LogP contribution is -2.00. The average Bonchev–Trinajstić information content (AvgIpc) is 2.19. The number of amides is 1. The molecule has 4 heteroatoms. The first-order valence-corrected chi connectivity index (χ1v) is 3.73. The summed E-state index contributed by atoms with van der Waals surface area (Å²) < 4.78 is 4.98. The van der Waals surface area contributed by atoms with Gasteiger partial charge in [-0.1, -0.05) is 0 Å². The summed E-state index contributed by atoms with van der Waals surface area (Å²) in [6, 6.07) is 7.33. The molecule has 0 aliphatic rings. The van der Waals surface area contributed by atoms with Crippen LogP contribution in [-0.4, -0.2) is 19.7 Å². The fourth-order valence-electron chi connectivity index (χ4n) is 0.832. The van der Waals surface area contributed by atoms with Crippen molar-refractivity contribution in [3.8, 4) is 5.75 Å². The van der Waals surface area contributed by atoms with Crippen LogP contribution in [0.4, 0.5) is 0 Å². The van der Waals surface area contributed by atoms with Crippen LogP contribution in [0.1, 0.15) is 5.56 Å². The molecule has 0 unspecified atom stereocenters. The summed E-state index contributed by atoms with van der Waals surface area (Å²) in [5, 5.41) is 3.63. The minimum absolute atomic E-state index is 0.514. The van der Waals surface area contributed by atoms with Gasteiger partial charge in [0.2, 0.25) is 6.41 Å². The standard InChI is InChI=1S/C9H10N2O2/c1-13-9-4-2-8(3-5-9)6-10-11-7-12/h2-7H,1H3,(H,11,12). The van der Waals surface area contributed by atoms with Crippen LogP contribution in [0.15, 0.2) is 29.4 Å². The fraction of sp³-hybridized carbons (Fsp3) is 0.111. The molecule has 68 valence electrons. The zero-order valence-electron chi connectivity index (χ0n) is 7.23. The van der Waals surface area contributed by atoms with E-state index in [0.717, 1.165) is 11.3 Å². The number of nitrogens with one attached hydrogen (secondary N) is 1. The molecule has 0 bridgehead atoms. The summed E-state index contributed by atoms with van der Waals surface area (Å²) >= 11 is 0. The number of hydrazone groups is 1. The second-order valence-corrected chi connectivity index (χ2v) is 2.28. The van der Waals surface area contributed by atoms with Crippen LogP contribution in [0.25, 0.3) is 0 Å². The third-order valence-electron chi connectivity index (χ3n) is 1.46. The van der Waals surface area contributed by atoms with Crippen LogP contribution in [0.2, 0.25) is 0 Å². The van der Waals surface area contributed by atoms with Crippen molar-refractivity contribution in [2.45, 2.75) is 0 Å². The van der Waals surface area contributed by atoms with Gasteiger partial charge in [-0.25, -0.2) is 5.43 Å². The molecule has 0 heterocycles. The number of benzene rings is 1. The zero-order valence-corrected chi connectivity index (χ0v) is 7.23. The van der Waals surface area contributed by atoms with Gasteiger partial charge in [-0.05, 0) is 29.8 Å². The first-order valence-electron chi connectivity index (χ1n) is 3.73. The minimum Gasteiger partial charge on any atom is -0.497 e.